The lowest BCUT2D eigenvalue weighted by Gasteiger charge is -2.36. The van der Waals surface area contributed by atoms with Crippen molar-refractivity contribution in [3.63, 3.8) is 0 Å². The highest BCUT2D eigenvalue weighted by Gasteiger charge is 2.38. The molecule has 3 aromatic rings. The topological polar surface area (TPSA) is 52.6 Å². The molecule has 4 rings (SSSR count). The smallest absolute Gasteiger partial charge is 0.338 e. The number of hydrogen-bond acceptors (Lipinski definition) is 4. The van der Waals surface area contributed by atoms with Crippen molar-refractivity contribution >= 4 is 17.5 Å². The molecule has 0 saturated carbocycles. The highest BCUT2D eigenvalue weighted by Crippen LogP contribution is 2.42. The van der Waals surface area contributed by atoms with Gasteiger partial charge in [0.25, 0.3) is 0 Å². The first-order valence-corrected chi connectivity index (χ1v) is 10.6. The number of hydrogen-bond donors (Lipinski definition) is 0. The number of carbonyl (C=O) groups is 2. The van der Waals surface area contributed by atoms with E-state index in [9.17, 15) is 9.59 Å². The van der Waals surface area contributed by atoms with Gasteiger partial charge in [-0.1, -0.05) is 85.0 Å². The maximum atomic E-state index is 12.7. The Balaban J connectivity index is 1.59. The van der Waals surface area contributed by atoms with Gasteiger partial charge >= 0.3 is 11.9 Å². The Labute approximate surface area is 187 Å². The molecule has 0 atom stereocenters. The predicted molar refractivity (Wildman–Crippen MR) is 124 cm³/mol. The molecule has 3 aromatic carbocycles. The van der Waals surface area contributed by atoms with Crippen molar-refractivity contribution in [1.82, 2.24) is 0 Å². The van der Waals surface area contributed by atoms with Gasteiger partial charge in [-0.15, -0.1) is 0 Å². The van der Waals surface area contributed by atoms with Gasteiger partial charge in [-0.2, -0.15) is 0 Å². The molecule has 0 fully saturated rings. The van der Waals surface area contributed by atoms with E-state index in [1.165, 1.54) is 0 Å². The lowest BCUT2D eigenvalue weighted by atomic mass is 9.73. The highest BCUT2D eigenvalue weighted by molar-refractivity contribution is 5.90. The minimum atomic E-state index is -0.689. The van der Waals surface area contributed by atoms with Crippen molar-refractivity contribution < 1.29 is 19.1 Å². The fourth-order valence-corrected chi connectivity index (χ4v) is 3.80. The molecule has 0 unspecified atom stereocenters. The average Bonchev–Trinajstić information content (AvgIpc) is 2.87. The van der Waals surface area contributed by atoms with Gasteiger partial charge in [0, 0.05) is 0 Å². The van der Waals surface area contributed by atoms with E-state index in [2.05, 4.69) is 0 Å². The van der Waals surface area contributed by atoms with E-state index in [1.54, 1.807) is 48.5 Å². The van der Waals surface area contributed by atoms with E-state index in [0.29, 0.717) is 17.5 Å². The van der Waals surface area contributed by atoms with Crippen LogP contribution in [0, 0.1) is 5.41 Å². The molecule has 0 radical (unpaired) electrons. The van der Waals surface area contributed by atoms with Crippen LogP contribution in [-0.4, -0.2) is 25.2 Å². The molecule has 32 heavy (non-hydrogen) atoms. The zero-order valence-electron chi connectivity index (χ0n) is 17.6. The summed E-state index contributed by atoms with van der Waals surface area (Å²) in [5.41, 5.74) is 2.26. The van der Waals surface area contributed by atoms with E-state index in [4.69, 9.17) is 9.47 Å². The number of esters is 2. The molecular weight excluding hydrogens is 400 g/mol. The number of benzene rings is 3. The second kappa shape index (κ2) is 9.92. The summed E-state index contributed by atoms with van der Waals surface area (Å²) >= 11 is 0. The normalized spacial score (nSPS) is 14.3. The van der Waals surface area contributed by atoms with Crippen LogP contribution in [0.25, 0.3) is 5.57 Å². The van der Waals surface area contributed by atoms with Crippen molar-refractivity contribution in [2.45, 2.75) is 6.42 Å². The Morgan fingerprint density at radius 2 is 1.16 bits per heavy atom. The molecule has 0 spiro atoms. The van der Waals surface area contributed by atoms with Crippen LogP contribution >= 0.6 is 0 Å². The van der Waals surface area contributed by atoms with Crippen molar-refractivity contribution in [3.05, 3.63) is 126 Å². The SMILES string of the molecule is O=C(OCC1(COC(=O)c2ccccc2)CC=CC=C1c1ccccc1)c1ccccc1. The lowest BCUT2D eigenvalue weighted by molar-refractivity contribution is 0.0124. The van der Waals surface area contributed by atoms with E-state index in [1.807, 2.05) is 60.7 Å². The molecule has 0 heterocycles. The number of carbonyl (C=O) groups excluding carboxylic acids is 2. The largest absolute Gasteiger partial charge is 0.461 e. The van der Waals surface area contributed by atoms with Crippen molar-refractivity contribution in [2.75, 3.05) is 13.2 Å². The summed E-state index contributed by atoms with van der Waals surface area (Å²) in [6.45, 7) is 0.182. The Hall–Kier alpha value is -3.92. The summed E-state index contributed by atoms with van der Waals surface area (Å²) < 4.78 is 11.5. The zero-order chi connectivity index (χ0) is 22.2. The Morgan fingerprint density at radius 3 is 1.66 bits per heavy atom. The molecular formula is C28H24O4. The molecule has 1 aliphatic carbocycles. The molecule has 0 amide bonds. The Morgan fingerprint density at radius 1 is 0.688 bits per heavy atom. The molecule has 0 aliphatic heterocycles. The predicted octanol–water partition coefficient (Wildman–Crippen LogP) is 5.73. The van der Waals surface area contributed by atoms with E-state index in [-0.39, 0.29) is 13.2 Å². The molecule has 4 heteroatoms. The molecule has 0 N–H and O–H groups in total. The van der Waals surface area contributed by atoms with Crippen molar-refractivity contribution in [3.8, 4) is 0 Å². The van der Waals surface area contributed by atoms with Gasteiger partial charge in [-0.05, 0) is 41.8 Å². The van der Waals surface area contributed by atoms with Crippen LogP contribution in [0.4, 0.5) is 0 Å². The second-order valence-corrected chi connectivity index (χ2v) is 7.74. The van der Waals surface area contributed by atoms with Crippen LogP contribution in [0.2, 0.25) is 0 Å². The maximum absolute atomic E-state index is 12.7. The summed E-state index contributed by atoms with van der Waals surface area (Å²) in [7, 11) is 0. The van der Waals surface area contributed by atoms with E-state index < -0.39 is 17.4 Å². The van der Waals surface area contributed by atoms with E-state index >= 15 is 0 Å². The summed E-state index contributed by atoms with van der Waals surface area (Å²) in [5, 5.41) is 0. The molecule has 160 valence electrons. The Bertz CT molecular complexity index is 1060. The number of rotatable bonds is 7. The van der Waals surface area contributed by atoms with Crippen LogP contribution in [-0.2, 0) is 9.47 Å². The fraction of sp³-hybridized carbons (Fsp3) is 0.143. The molecule has 4 nitrogen and oxygen atoms in total. The maximum Gasteiger partial charge on any atom is 0.338 e. The summed E-state index contributed by atoms with van der Waals surface area (Å²) in [6.07, 6.45) is 6.58. The van der Waals surface area contributed by atoms with Crippen LogP contribution in [0.5, 0.6) is 0 Å². The van der Waals surface area contributed by atoms with Gasteiger partial charge in [0.1, 0.15) is 13.2 Å². The van der Waals surface area contributed by atoms with Crippen LogP contribution in [0.15, 0.2) is 109 Å². The monoisotopic (exact) mass is 424 g/mol. The van der Waals surface area contributed by atoms with Crippen molar-refractivity contribution in [2.24, 2.45) is 5.41 Å². The molecule has 0 bridgehead atoms. The quantitative estimate of drug-likeness (QED) is 0.455. The molecule has 0 aromatic heterocycles. The first kappa shape index (κ1) is 21.3. The van der Waals surface area contributed by atoms with Gasteiger partial charge in [0.15, 0.2) is 0 Å². The summed E-state index contributed by atoms with van der Waals surface area (Å²) in [4.78, 5) is 25.3. The minimum Gasteiger partial charge on any atom is -0.461 e. The standard InChI is InChI=1S/C28H24O4/c29-26(23-14-6-2-7-15-23)31-20-28(21-32-27(30)24-16-8-3-9-17-24)19-11-10-18-25(28)22-12-4-1-5-13-22/h1-18H,19-21H2. The number of ether oxygens (including phenoxy) is 2. The minimum absolute atomic E-state index is 0.0911. The van der Waals surface area contributed by atoms with Crippen molar-refractivity contribution in [1.29, 1.82) is 0 Å². The van der Waals surface area contributed by atoms with Crippen LogP contribution in [0.3, 0.4) is 0 Å². The first-order valence-electron chi connectivity index (χ1n) is 10.6. The van der Waals surface area contributed by atoms with Gasteiger partial charge in [0.05, 0.1) is 16.5 Å². The third-order valence-electron chi connectivity index (χ3n) is 5.54. The second-order valence-electron chi connectivity index (χ2n) is 7.74. The third kappa shape index (κ3) is 4.86. The van der Waals surface area contributed by atoms with Gasteiger partial charge in [0.2, 0.25) is 0 Å². The van der Waals surface area contributed by atoms with Gasteiger partial charge < -0.3 is 9.47 Å². The third-order valence-corrected chi connectivity index (χ3v) is 5.54. The number of allylic oxidation sites excluding steroid dienone is 3. The van der Waals surface area contributed by atoms with Crippen LogP contribution in [0.1, 0.15) is 32.7 Å². The van der Waals surface area contributed by atoms with E-state index in [0.717, 1.165) is 11.1 Å². The first-order chi connectivity index (χ1) is 15.7. The molecule has 1 aliphatic rings. The van der Waals surface area contributed by atoms with Crippen LogP contribution < -0.4 is 0 Å². The Kier molecular flexibility index (Phi) is 6.61. The van der Waals surface area contributed by atoms with Gasteiger partial charge in [-0.25, -0.2) is 9.59 Å². The lowest BCUT2D eigenvalue weighted by Crippen LogP contribution is -2.36. The highest BCUT2D eigenvalue weighted by atomic mass is 16.5. The van der Waals surface area contributed by atoms with Gasteiger partial charge in [-0.3, -0.25) is 0 Å². The molecule has 0 saturated heterocycles. The summed E-state index contributed by atoms with van der Waals surface area (Å²) in [5.74, 6) is -0.803. The average molecular weight is 424 g/mol. The fourth-order valence-electron chi connectivity index (χ4n) is 3.80. The summed E-state index contributed by atoms with van der Waals surface area (Å²) in [6, 6.07) is 27.7. The zero-order valence-corrected chi connectivity index (χ0v) is 17.6.